The Balaban J connectivity index is 3.05. The lowest BCUT2D eigenvalue weighted by Gasteiger charge is -2.39. The first-order chi connectivity index (χ1) is 19.2. The van der Waals surface area contributed by atoms with Crippen LogP contribution in [-0.2, 0) is 33.4 Å². The molecule has 0 radical (unpaired) electrons. The fraction of sp³-hybridized carbons (Fsp3) is 0.821. The maximum absolute atomic E-state index is 13.7. The summed E-state index contributed by atoms with van der Waals surface area (Å²) in [6, 6.07) is -0.807. The van der Waals surface area contributed by atoms with Crippen molar-refractivity contribution in [2.45, 2.75) is 90.1 Å². The lowest BCUT2D eigenvalue weighted by Crippen LogP contribution is -2.56. The summed E-state index contributed by atoms with van der Waals surface area (Å²) in [4.78, 5) is 66.0. The quantitative estimate of drug-likeness (QED) is 0.187. The number of carboxylic acid groups (broad SMARTS) is 1. The van der Waals surface area contributed by atoms with Crippen LogP contribution in [0.3, 0.4) is 0 Å². The summed E-state index contributed by atoms with van der Waals surface area (Å²) in [6.45, 7) is 8.87. The van der Waals surface area contributed by atoms with Gasteiger partial charge in [0.15, 0.2) is 0 Å². The predicted octanol–water partition coefficient (Wildman–Crippen LogP) is 0.222. The summed E-state index contributed by atoms with van der Waals surface area (Å²) in [5.41, 5.74) is -0.836. The van der Waals surface area contributed by atoms with Crippen molar-refractivity contribution in [3.63, 3.8) is 0 Å². The number of hydrogen-bond acceptors (Lipinski definition) is 8. The van der Waals surface area contributed by atoms with E-state index >= 15 is 0 Å². The maximum Gasteiger partial charge on any atom is 0.322 e. The number of carbonyl (C=O) groups excluding carboxylic acids is 4. The number of hydrogen-bond donors (Lipinski definition) is 4. The highest BCUT2D eigenvalue weighted by molar-refractivity contribution is 5.89. The Morgan fingerprint density at radius 3 is 2.22 bits per heavy atom. The van der Waals surface area contributed by atoms with E-state index < -0.39 is 48.1 Å². The molecule has 1 fully saturated rings. The number of rotatable bonds is 17. The van der Waals surface area contributed by atoms with Crippen LogP contribution in [0.1, 0.15) is 60.3 Å². The molecule has 0 aromatic rings. The number of likely N-dealkylation sites (tertiary alicyclic amines) is 1. The van der Waals surface area contributed by atoms with Gasteiger partial charge in [0.25, 0.3) is 0 Å². The van der Waals surface area contributed by atoms with E-state index in [4.69, 9.17) is 14.6 Å². The zero-order valence-electron chi connectivity index (χ0n) is 26.1. The van der Waals surface area contributed by atoms with Crippen LogP contribution in [0.5, 0.6) is 0 Å². The van der Waals surface area contributed by atoms with E-state index in [0.717, 1.165) is 12.8 Å². The smallest absolute Gasteiger partial charge is 0.322 e. The van der Waals surface area contributed by atoms with Crippen molar-refractivity contribution in [3.05, 3.63) is 0 Å². The molecule has 0 bridgehead atoms. The number of nitrogens with one attached hydrogen (secondary N) is 3. The first-order valence-electron chi connectivity index (χ1n) is 14.2. The molecule has 1 saturated heterocycles. The summed E-state index contributed by atoms with van der Waals surface area (Å²) < 4.78 is 11.5. The average molecular weight is 586 g/mol. The number of carboxylic acids is 1. The van der Waals surface area contributed by atoms with Gasteiger partial charge in [0.2, 0.25) is 23.6 Å². The van der Waals surface area contributed by atoms with Gasteiger partial charge in [-0.15, -0.1) is 0 Å². The number of methoxy groups -OCH3 is 2. The lowest BCUT2D eigenvalue weighted by atomic mass is 9.90. The molecule has 0 aromatic carbocycles. The number of aliphatic carboxylic acids is 1. The Hall–Kier alpha value is -2.77. The standard InChI is InChI=1S/C28H51N5O8/c1-10-17(2)24(32(7)22(35)15-31-27(39)28(4,5)29-6)20(40-8)14-21(34)33-13-11-12-19(33)25(41-9)18(3)26(38)30-16-23(36)37/h17-20,24-25,29H,10-16H2,1-9H3,(H,30,38)(H,31,39)(H,36,37)/t17-,18?,19?,20?,24?,25+/m0/s1. The van der Waals surface area contributed by atoms with Crippen molar-refractivity contribution >= 4 is 29.6 Å². The van der Waals surface area contributed by atoms with Crippen LogP contribution in [0.4, 0.5) is 0 Å². The molecule has 13 heteroatoms. The third-order valence-corrected chi connectivity index (χ3v) is 8.31. The highest BCUT2D eigenvalue weighted by atomic mass is 16.5. The van der Waals surface area contributed by atoms with Crippen LogP contribution in [0.2, 0.25) is 0 Å². The summed E-state index contributed by atoms with van der Waals surface area (Å²) in [5.74, 6) is -3.09. The molecule has 41 heavy (non-hydrogen) atoms. The van der Waals surface area contributed by atoms with Crippen molar-refractivity contribution in [1.29, 1.82) is 0 Å². The topological polar surface area (TPSA) is 167 Å². The Labute approximate surface area is 244 Å². The number of carbonyl (C=O) groups is 5. The van der Waals surface area contributed by atoms with Crippen LogP contribution in [-0.4, -0.2) is 122 Å². The van der Waals surface area contributed by atoms with Crippen molar-refractivity contribution in [3.8, 4) is 0 Å². The predicted molar refractivity (Wildman–Crippen MR) is 153 cm³/mol. The largest absolute Gasteiger partial charge is 0.480 e. The SMILES string of the molecule is CC[C@H](C)C(C(CC(=O)N1CCCC1[C@H](OC)C(C)C(=O)NCC(=O)O)OC)N(C)C(=O)CNC(=O)C(C)(C)NC. The van der Waals surface area contributed by atoms with E-state index in [9.17, 15) is 24.0 Å². The molecule has 4 unspecified atom stereocenters. The molecule has 1 aliphatic heterocycles. The molecule has 0 aromatic heterocycles. The fourth-order valence-electron chi connectivity index (χ4n) is 5.26. The maximum atomic E-state index is 13.7. The number of likely N-dealkylation sites (N-methyl/N-ethyl adjacent to an activating group) is 2. The molecule has 1 heterocycles. The van der Waals surface area contributed by atoms with Gasteiger partial charge in [0.05, 0.1) is 48.7 Å². The minimum atomic E-state index is -1.15. The highest BCUT2D eigenvalue weighted by Gasteiger charge is 2.42. The first-order valence-corrected chi connectivity index (χ1v) is 14.2. The van der Waals surface area contributed by atoms with Crippen LogP contribution in [0, 0.1) is 11.8 Å². The van der Waals surface area contributed by atoms with Crippen molar-refractivity contribution in [2.75, 3.05) is 47.9 Å². The van der Waals surface area contributed by atoms with Gasteiger partial charge in [0, 0.05) is 27.8 Å². The molecule has 236 valence electrons. The summed E-state index contributed by atoms with van der Waals surface area (Å²) in [6.07, 6.45) is 0.859. The van der Waals surface area contributed by atoms with Gasteiger partial charge >= 0.3 is 5.97 Å². The second-order valence-corrected chi connectivity index (χ2v) is 11.3. The van der Waals surface area contributed by atoms with Gasteiger partial charge < -0.3 is 40.3 Å². The molecule has 13 nitrogen and oxygen atoms in total. The van der Waals surface area contributed by atoms with Gasteiger partial charge in [-0.2, -0.15) is 0 Å². The van der Waals surface area contributed by atoms with Gasteiger partial charge in [-0.25, -0.2) is 0 Å². The third kappa shape index (κ3) is 9.93. The Bertz CT molecular complexity index is 914. The van der Waals surface area contributed by atoms with E-state index in [1.165, 1.54) is 14.2 Å². The molecule has 1 aliphatic rings. The molecule has 6 atom stereocenters. The van der Waals surface area contributed by atoms with Gasteiger partial charge in [-0.05, 0) is 39.7 Å². The van der Waals surface area contributed by atoms with Gasteiger partial charge in [-0.3, -0.25) is 24.0 Å². The van der Waals surface area contributed by atoms with Gasteiger partial charge in [-0.1, -0.05) is 27.2 Å². The van der Waals surface area contributed by atoms with E-state index in [2.05, 4.69) is 16.0 Å². The normalized spacial score (nSPS) is 19.0. The minimum absolute atomic E-state index is 0.00873. The number of ether oxygens (including phenoxy) is 2. The first kappa shape index (κ1) is 36.3. The fourth-order valence-corrected chi connectivity index (χ4v) is 5.26. The molecule has 0 saturated carbocycles. The summed E-state index contributed by atoms with van der Waals surface area (Å²) in [5, 5.41) is 16.9. The number of nitrogens with zero attached hydrogens (tertiary/aromatic N) is 2. The average Bonchev–Trinajstić information content (AvgIpc) is 3.43. The molecule has 4 amide bonds. The molecule has 0 spiro atoms. The van der Waals surface area contributed by atoms with Crippen LogP contribution < -0.4 is 16.0 Å². The zero-order chi connectivity index (χ0) is 31.5. The summed E-state index contributed by atoms with van der Waals surface area (Å²) in [7, 11) is 6.31. The third-order valence-electron chi connectivity index (χ3n) is 8.31. The molecule has 1 rings (SSSR count). The monoisotopic (exact) mass is 585 g/mol. The Morgan fingerprint density at radius 2 is 1.71 bits per heavy atom. The molecular weight excluding hydrogens is 534 g/mol. The van der Waals surface area contributed by atoms with Gasteiger partial charge in [0.1, 0.15) is 6.54 Å². The number of amides is 4. The van der Waals surface area contributed by atoms with Crippen LogP contribution in [0.15, 0.2) is 0 Å². The van der Waals surface area contributed by atoms with E-state index in [0.29, 0.717) is 13.0 Å². The Kier molecular flexibility index (Phi) is 14.7. The second kappa shape index (κ2) is 16.6. The Morgan fingerprint density at radius 1 is 1.07 bits per heavy atom. The molecular formula is C28H51N5O8. The van der Waals surface area contributed by atoms with Crippen molar-refractivity contribution in [1.82, 2.24) is 25.8 Å². The molecule has 4 N–H and O–H groups in total. The van der Waals surface area contributed by atoms with Crippen LogP contribution in [0.25, 0.3) is 0 Å². The zero-order valence-corrected chi connectivity index (χ0v) is 26.1. The van der Waals surface area contributed by atoms with E-state index in [1.807, 2.05) is 13.8 Å². The minimum Gasteiger partial charge on any atom is -0.480 e. The van der Waals surface area contributed by atoms with Crippen molar-refractivity contribution < 1.29 is 38.6 Å². The van der Waals surface area contributed by atoms with E-state index in [-0.39, 0.29) is 42.6 Å². The summed E-state index contributed by atoms with van der Waals surface area (Å²) >= 11 is 0. The second-order valence-electron chi connectivity index (χ2n) is 11.3. The van der Waals surface area contributed by atoms with Crippen molar-refractivity contribution in [2.24, 2.45) is 11.8 Å². The highest BCUT2D eigenvalue weighted by Crippen LogP contribution is 2.29. The van der Waals surface area contributed by atoms with Crippen LogP contribution >= 0.6 is 0 Å². The lowest BCUT2D eigenvalue weighted by molar-refractivity contribution is -0.146. The molecule has 0 aliphatic carbocycles. The van der Waals surface area contributed by atoms with E-state index in [1.54, 1.807) is 44.7 Å².